The van der Waals surface area contributed by atoms with E-state index in [0.717, 1.165) is 43.0 Å². The van der Waals surface area contributed by atoms with Crippen LogP contribution in [0.2, 0.25) is 0 Å². The lowest BCUT2D eigenvalue weighted by molar-refractivity contribution is -0.176. The molecule has 3 aliphatic heterocycles. The first-order chi connectivity index (χ1) is 27.3. The van der Waals surface area contributed by atoms with Gasteiger partial charge in [-0.15, -0.1) is 0 Å². The quantitative estimate of drug-likeness (QED) is 0.247. The average molecular weight is 830 g/mol. The van der Waals surface area contributed by atoms with Gasteiger partial charge in [-0.3, -0.25) is 23.9 Å². The molecule has 1 aromatic carbocycles. The highest BCUT2D eigenvalue weighted by atomic mass is 32.2. The Hall–Kier alpha value is -4.18. The Bertz CT molecular complexity index is 2110. The van der Waals surface area contributed by atoms with Crippen LogP contribution >= 0.6 is 0 Å². The number of benzene rings is 1. The van der Waals surface area contributed by atoms with Crippen LogP contribution in [0.3, 0.4) is 0 Å². The molecule has 1 saturated heterocycles. The molecule has 7 atom stereocenters. The third kappa shape index (κ3) is 8.32. The molecule has 7 rings (SSSR count). The van der Waals surface area contributed by atoms with E-state index in [1.807, 2.05) is 43.3 Å². The van der Waals surface area contributed by atoms with Crippen molar-refractivity contribution in [3.05, 3.63) is 42.0 Å². The van der Waals surface area contributed by atoms with Crippen LogP contribution in [0.15, 0.2) is 36.4 Å². The number of Topliss-reactive ketones (excluding diaryl/α,β-unsaturated/α-hetero) is 1. The summed E-state index contributed by atoms with van der Waals surface area (Å²) in [7, 11) is -4.02. The molecular weight excluding hydrogens is 777 g/mol. The summed E-state index contributed by atoms with van der Waals surface area (Å²) >= 11 is 0. The molecule has 316 valence electrons. The predicted molar refractivity (Wildman–Crippen MR) is 208 cm³/mol. The second-order valence-electron chi connectivity index (χ2n) is 17.5. The second kappa shape index (κ2) is 15.8. The minimum atomic E-state index is -4.02. The molecule has 1 N–H and O–H groups in total. The zero-order valence-corrected chi connectivity index (χ0v) is 34.4. The molecule has 0 bridgehead atoms. The fourth-order valence-corrected chi connectivity index (χ4v) is 9.76. The summed E-state index contributed by atoms with van der Waals surface area (Å²) < 4.78 is 79.1. The molecule has 13 nitrogen and oxygen atoms in total. The number of nitrogens with one attached hydrogen (secondary N) is 1. The molecule has 16 heteroatoms. The number of halogens is 2. The highest BCUT2D eigenvalue weighted by Crippen LogP contribution is 2.57. The topological polar surface area (TPSA) is 167 Å². The molecule has 5 aliphatic rings. The first-order valence-electron chi connectivity index (χ1n) is 20.3. The summed E-state index contributed by atoms with van der Waals surface area (Å²) in [4.78, 5) is 62.9. The van der Waals surface area contributed by atoms with Gasteiger partial charge in [-0.25, -0.2) is 17.2 Å². The number of rotatable bonds is 9. The number of ketones is 1. The Balaban J connectivity index is 1.24. The van der Waals surface area contributed by atoms with E-state index in [1.54, 1.807) is 13.8 Å². The van der Waals surface area contributed by atoms with Gasteiger partial charge in [-0.1, -0.05) is 30.4 Å². The molecule has 4 heterocycles. The summed E-state index contributed by atoms with van der Waals surface area (Å²) in [6.07, 6.45) is 1.34. The molecule has 0 unspecified atom stereocenters. The van der Waals surface area contributed by atoms with Crippen LogP contribution in [0.4, 0.5) is 8.78 Å². The van der Waals surface area contributed by atoms with Crippen molar-refractivity contribution in [2.75, 3.05) is 13.2 Å². The molecule has 0 radical (unpaired) electrons. The highest BCUT2D eigenvalue weighted by molar-refractivity contribution is 7.91. The number of sulfonamides is 1. The van der Waals surface area contributed by atoms with Crippen LogP contribution in [0, 0.1) is 17.3 Å². The number of aromatic nitrogens is 1. The first kappa shape index (κ1) is 42.0. The number of aryl methyl sites for hydroxylation is 1. The van der Waals surface area contributed by atoms with Crippen molar-refractivity contribution in [3.63, 3.8) is 0 Å². The second-order valence-corrected chi connectivity index (χ2v) is 19.7. The molecule has 58 heavy (non-hydrogen) atoms. The number of pyridine rings is 1. The van der Waals surface area contributed by atoms with Gasteiger partial charge in [0.2, 0.25) is 33.6 Å². The van der Waals surface area contributed by atoms with Crippen LogP contribution in [-0.2, 0) is 45.1 Å². The molecule has 3 fully saturated rings. The number of allylic oxidation sites excluding steroid dienone is 2. The highest BCUT2D eigenvalue weighted by Gasteiger charge is 2.63. The summed E-state index contributed by atoms with van der Waals surface area (Å²) in [5.41, 5.74) is -2.53. The zero-order chi connectivity index (χ0) is 41.8. The summed E-state index contributed by atoms with van der Waals surface area (Å²) in [6, 6.07) is 6.44. The lowest BCUT2D eigenvalue weighted by Crippen LogP contribution is -2.49. The van der Waals surface area contributed by atoms with Crippen LogP contribution < -0.4 is 14.2 Å². The van der Waals surface area contributed by atoms with Gasteiger partial charge in [0.15, 0.2) is 11.4 Å². The smallest absolute Gasteiger partial charge is 0.307 e. The average Bonchev–Trinajstić information content (AvgIpc) is 4.05. The lowest BCUT2D eigenvalue weighted by Gasteiger charge is -2.33. The van der Waals surface area contributed by atoms with E-state index in [4.69, 9.17) is 23.9 Å². The molecule has 2 amide bonds. The maximum atomic E-state index is 14.9. The fourth-order valence-electron chi connectivity index (χ4n) is 8.42. The Morgan fingerprint density at radius 1 is 1.14 bits per heavy atom. The third-order valence-corrected chi connectivity index (χ3v) is 14.7. The van der Waals surface area contributed by atoms with Gasteiger partial charge in [0.1, 0.15) is 6.10 Å². The van der Waals surface area contributed by atoms with Crippen LogP contribution in [0.25, 0.3) is 10.8 Å². The summed E-state index contributed by atoms with van der Waals surface area (Å²) in [5, 5.41) is 1.63. The SMILES string of the molecule is C[C@@H]1CC/C=C\[C@@H]2C[C@@]2(C(=O)NS(=O)(=O)C2(C)CC2)CC(=O)[C@@H]2C[C@@H](Oc3nc4c(c5ccccc35)CCCO4)CN2C(=O)[C@@H](CC(=O)OC(C)(C)C(F)F)[C@H](C)O1. The van der Waals surface area contributed by atoms with Crippen molar-refractivity contribution >= 4 is 44.4 Å². The number of nitrogens with zero attached hydrogens (tertiary/aromatic N) is 2. The number of fused-ring (bicyclic) bond motifs is 5. The minimum Gasteiger partial charge on any atom is -0.477 e. The molecule has 2 aliphatic carbocycles. The van der Waals surface area contributed by atoms with E-state index >= 15 is 0 Å². The summed E-state index contributed by atoms with van der Waals surface area (Å²) in [5.74, 6) is -3.89. The number of esters is 1. The Kier molecular flexibility index (Phi) is 11.4. The van der Waals surface area contributed by atoms with E-state index in [1.165, 1.54) is 4.90 Å². The van der Waals surface area contributed by atoms with Crippen molar-refractivity contribution < 1.29 is 55.3 Å². The van der Waals surface area contributed by atoms with Crippen molar-refractivity contribution in [1.29, 1.82) is 0 Å². The largest absolute Gasteiger partial charge is 0.477 e. The number of amides is 2. The van der Waals surface area contributed by atoms with Crippen molar-refractivity contribution in [2.45, 2.75) is 140 Å². The van der Waals surface area contributed by atoms with Gasteiger partial charge in [0, 0.05) is 23.8 Å². The number of carbonyl (C=O) groups excluding carboxylic acids is 4. The van der Waals surface area contributed by atoms with Gasteiger partial charge < -0.3 is 23.8 Å². The zero-order valence-electron chi connectivity index (χ0n) is 33.6. The van der Waals surface area contributed by atoms with Crippen LogP contribution in [-0.4, -0.2) is 96.1 Å². The fraction of sp³-hybridized carbons (Fsp3) is 0.643. The van der Waals surface area contributed by atoms with Crippen molar-refractivity contribution in [2.24, 2.45) is 17.3 Å². The lowest BCUT2D eigenvalue weighted by atomic mass is 9.90. The van der Waals surface area contributed by atoms with E-state index in [9.17, 15) is 36.4 Å². The predicted octanol–water partition coefficient (Wildman–Crippen LogP) is 5.61. The standard InChI is InChI=1S/C42H53F2N3O10S/c1-24-11-6-7-12-26-21-42(26,39(51)46-58(52,53)41(5)16-17-41)22-33(48)32-19-27(56-36-30-14-9-8-13-28(30)29-15-10-18-54-35(29)45-36)23-47(32)37(50)31(25(2)55-24)20-34(49)57-40(3,4)38(43)44/h7-9,12-14,24-27,31-32,38H,6,10-11,15-23H2,1-5H3,(H,46,51)/b12-7-/t24-,25+,26-,27-,31+,32+,42-/m1/s1. The van der Waals surface area contributed by atoms with Gasteiger partial charge in [0.05, 0.1) is 53.9 Å². The molecule has 2 saturated carbocycles. The summed E-state index contributed by atoms with van der Waals surface area (Å²) in [6.45, 7) is 7.54. The van der Waals surface area contributed by atoms with Gasteiger partial charge in [-0.2, -0.15) is 4.98 Å². The number of hydrogen-bond donors (Lipinski definition) is 1. The van der Waals surface area contributed by atoms with E-state index < -0.39 is 98.4 Å². The number of hydrogen-bond acceptors (Lipinski definition) is 11. The van der Waals surface area contributed by atoms with E-state index in [0.29, 0.717) is 38.2 Å². The maximum absolute atomic E-state index is 14.9. The first-order valence-corrected chi connectivity index (χ1v) is 21.8. The molecule has 2 aromatic rings. The van der Waals surface area contributed by atoms with Gasteiger partial charge >= 0.3 is 5.97 Å². The number of alkyl halides is 2. The molecule has 1 aromatic heterocycles. The van der Waals surface area contributed by atoms with Crippen LogP contribution in [0.1, 0.15) is 98.0 Å². The van der Waals surface area contributed by atoms with E-state index in [2.05, 4.69) is 4.72 Å². The Morgan fingerprint density at radius 3 is 2.57 bits per heavy atom. The Morgan fingerprint density at radius 2 is 1.86 bits per heavy atom. The molecular formula is C42H53F2N3O10S. The van der Waals surface area contributed by atoms with Gasteiger partial charge in [-0.05, 0) is 96.9 Å². The van der Waals surface area contributed by atoms with Crippen LogP contribution in [0.5, 0.6) is 11.8 Å². The maximum Gasteiger partial charge on any atom is 0.307 e. The normalized spacial score (nSPS) is 30.5. The number of ether oxygens (including phenoxy) is 4. The van der Waals surface area contributed by atoms with E-state index in [-0.39, 0.29) is 31.7 Å². The number of carbonyl (C=O) groups is 4. The third-order valence-electron chi connectivity index (χ3n) is 12.6. The monoisotopic (exact) mass is 829 g/mol. The minimum absolute atomic E-state index is 0.00564. The Labute approximate surface area is 337 Å². The van der Waals surface area contributed by atoms with Gasteiger partial charge in [0.25, 0.3) is 6.43 Å². The van der Waals surface area contributed by atoms with Crippen molar-refractivity contribution in [1.82, 2.24) is 14.6 Å². The van der Waals surface area contributed by atoms with Crippen molar-refractivity contribution in [3.8, 4) is 11.8 Å². The molecule has 0 spiro atoms.